The monoisotopic (exact) mass is 1050 g/mol. The van der Waals surface area contributed by atoms with Gasteiger partial charge in [-0.25, -0.2) is 24.1 Å². The van der Waals surface area contributed by atoms with Crippen LogP contribution in [-0.4, -0.2) is 124 Å². The number of piperazine rings is 1. The maximum atomic E-state index is 14.3. The minimum atomic E-state index is -4.44. The zero-order valence-electron chi connectivity index (χ0n) is 38.9. The van der Waals surface area contributed by atoms with Crippen molar-refractivity contribution in [3.05, 3.63) is 112 Å². The van der Waals surface area contributed by atoms with Gasteiger partial charge in [0.2, 0.25) is 12.0 Å². The molecule has 0 saturated carbocycles. The molecule has 0 spiro atoms. The van der Waals surface area contributed by atoms with Gasteiger partial charge in [-0.1, -0.05) is 48.0 Å². The molecule has 14 nitrogen and oxygen atoms in total. The SMILES string of the molecule is CCOC(=O)[C@@H](Cc1cc(CC(=O)O)ccc1OCc1ccnc(OCCC(F)(F)F)n1)Oc1ncnc2sc(-c3ccc(F)cc3)c(-c3ccc(CNCCN4CCN(CC(F)(F)F)CC4)c(Cl)c3C)c12. The molecule has 72 heavy (non-hydrogen) atoms. The highest BCUT2D eigenvalue weighted by Crippen LogP contribution is 2.49. The van der Waals surface area contributed by atoms with Crippen molar-refractivity contribution in [2.45, 2.75) is 64.7 Å². The molecule has 0 radical (unpaired) electrons. The Morgan fingerprint density at radius 3 is 2.38 bits per heavy atom. The number of aliphatic carboxylic acids is 1. The van der Waals surface area contributed by atoms with Crippen molar-refractivity contribution in [1.82, 2.24) is 35.1 Å². The first kappa shape index (κ1) is 53.6. The van der Waals surface area contributed by atoms with Gasteiger partial charge in [0, 0.05) is 73.9 Å². The number of hydrogen-bond donors (Lipinski definition) is 2. The molecule has 2 N–H and O–H groups in total. The largest absolute Gasteiger partial charge is 0.487 e. The van der Waals surface area contributed by atoms with Crippen molar-refractivity contribution in [3.63, 3.8) is 0 Å². The standard InChI is InChI=1S/C49H49ClF7N7O7S/c1-3-68-46(67)38(24-33-22-30(23-39(65)66)4-11-37(33)70-26-35-12-14-59-47(62-35)69-21-13-48(52,53)54)71-44-41-40(43(72-45(41)61-28-60-44)31-5-8-34(51)9-6-31)36-10-7-32(42(50)29(36)2)25-58-15-16-63-17-19-64(20-18-63)27-49(55,56)57/h4-12,14,22,28,38,58H,3,13,15-21,23-27H2,1-2H3,(H,65,66)/t38-/m1/s1. The number of carbonyl (C=O) groups is 2. The maximum Gasteiger partial charge on any atom is 0.401 e. The molecule has 0 aliphatic carbocycles. The van der Waals surface area contributed by atoms with Crippen LogP contribution >= 0.6 is 22.9 Å². The number of carboxylic acid groups (broad SMARTS) is 1. The second kappa shape index (κ2) is 24.0. The molecule has 23 heteroatoms. The molecule has 3 aromatic carbocycles. The van der Waals surface area contributed by atoms with Crippen LogP contribution in [0, 0.1) is 12.7 Å². The molecule has 1 aliphatic heterocycles. The first-order valence-electron chi connectivity index (χ1n) is 22.7. The predicted molar refractivity (Wildman–Crippen MR) is 254 cm³/mol. The number of ether oxygens (including phenoxy) is 4. The number of carbonyl (C=O) groups excluding carboxylic acids is 1. The molecule has 0 bridgehead atoms. The van der Waals surface area contributed by atoms with Crippen molar-refractivity contribution in [1.29, 1.82) is 0 Å². The molecule has 1 fully saturated rings. The second-order valence-corrected chi connectivity index (χ2v) is 18.1. The van der Waals surface area contributed by atoms with Crippen LogP contribution in [0.1, 0.15) is 41.3 Å². The van der Waals surface area contributed by atoms with Gasteiger partial charge in [0.15, 0.2) is 0 Å². The minimum Gasteiger partial charge on any atom is -0.487 e. The zero-order valence-corrected chi connectivity index (χ0v) is 40.5. The second-order valence-electron chi connectivity index (χ2n) is 16.7. The minimum absolute atomic E-state index is 0.0126. The molecule has 0 amide bonds. The summed E-state index contributed by atoms with van der Waals surface area (Å²) in [5.41, 5.74) is 4.30. The van der Waals surface area contributed by atoms with E-state index in [1.165, 1.54) is 59.1 Å². The fourth-order valence-corrected chi connectivity index (χ4v) is 9.37. The molecule has 0 unspecified atom stereocenters. The molecular weight excluding hydrogens is 999 g/mol. The van der Waals surface area contributed by atoms with Crippen LogP contribution in [0.15, 0.2) is 73.2 Å². The lowest BCUT2D eigenvalue weighted by Crippen LogP contribution is -2.50. The zero-order chi connectivity index (χ0) is 51.6. The topological polar surface area (TPSA) is 161 Å². The normalized spacial score (nSPS) is 14.1. The van der Waals surface area contributed by atoms with Gasteiger partial charge in [0.05, 0.1) is 37.1 Å². The summed E-state index contributed by atoms with van der Waals surface area (Å²) in [5.74, 6) is -2.17. The van der Waals surface area contributed by atoms with Crippen LogP contribution in [0.2, 0.25) is 5.02 Å². The van der Waals surface area contributed by atoms with Gasteiger partial charge in [0.1, 0.15) is 35.9 Å². The average Bonchev–Trinajstić information content (AvgIpc) is 3.71. The molecular formula is C49H49ClF7N7O7S. The Bertz CT molecular complexity index is 2830. The molecule has 4 heterocycles. The lowest BCUT2D eigenvalue weighted by atomic mass is 9.94. The maximum absolute atomic E-state index is 14.3. The molecule has 6 aromatic rings. The number of rotatable bonds is 22. The van der Waals surface area contributed by atoms with Crippen LogP contribution in [0.4, 0.5) is 30.7 Å². The van der Waals surface area contributed by atoms with Crippen LogP contribution in [0.3, 0.4) is 0 Å². The van der Waals surface area contributed by atoms with E-state index in [0.717, 1.165) is 5.56 Å². The van der Waals surface area contributed by atoms with Crippen LogP contribution in [0.25, 0.3) is 31.8 Å². The van der Waals surface area contributed by atoms with E-state index in [-0.39, 0.29) is 49.4 Å². The number of esters is 1. The number of nitrogens with zero attached hydrogens (tertiary/aromatic N) is 6. The number of nitrogens with one attached hydrogen (secondary N) is 1. The van der Waals surface area contributed by atoms with E-state index < -0.39 is 55.8 Å². The number of thiophene rings is 1. The van der Waals surface area contributed by atoms with E-state index in [4.69, 9.17) is 30.5 Å². The Hall–Kier alpha value is -6.20. The van der Waals surface area contributed by atoms with E-state index in [2.05, 4.69) is 30.2 Å². The summed E-state index contributed by atoms with van der Waals surface area (Å²) in [6.07, 6.45) is -9.33. The third-order valence-electron chi connectivity index (χ3n) is 11.5. The summed E-state index contributed by atoms with van der Waals surface area (Å²) in [6.45, 7) is 4.89. The quantitative estimate of drug-likeness (QED) is 0.0376. The Balaban J connectivity index is 1.17. The summed E-state index contributed by atoms with van der Waals surface area (Å²) in [4.78, 5) is 47.5. The summed E-state index contributed by atoms with van der Waals surface area (Å²) < 4.78 is 114. The number of alkyl halides is 6. The van der Waals surface area contributed by atoms with Gasteiger partial charge >= 0.3 is 30.3 Å². The highest BCUT2D eigenvalue weighted by Gasteiger charge is 2.33. The molecule has 384 valence electrons. The van der Waals surface area contributed by atoms with Crippen LogP contribution in [-0.2, 0) is 40.3 Å². The molecule has 1 saturated heterocycles. The highest BCUT2D eigenvalue weighted by atomic mass is 35.5. The summed E-state index contributed by atoms with van der Waals surface area (Å²) >= 11 is 8.40. The highest BCUT2D eigenvalue weighted by molar-refractivity contribution is 7.22. The Labute approximate surface area is 418 Å². The summed E-state index contributed by atoms with van der Waals surface area (Å²) in [6, 6.07) is 15.4. The number of hydrogen-bond acceptors (Lipinski definition) is 14. The summed E-state index contributed by atoms with van der Waals surface area (Å²) in [5, 5.41) is 13.9. The number of benzene rings is 3. The van der Waals surface area contributed by atoms with Crippen LogP contribution < -0.4 is 19.5 Å². The summed E-state index contributed by atoms with van der Waals surface area (Å²) in [7, 11) is 0. The van der Waals surface area contributed by atoms with Crippen molar-refractivity contribution in [2.75, 3.05) is 59.0 Å². The van der Waals surface area contributed by atoms with Gasteiger partial charge in [-0.3, -0.25) is 14.6 Å². The van der Waals surface area contributed by atoms with E-state index >= 15 is 0 Å². The Kier molecular flexibility index (Phi) is 17.9. The van der Waals surface area contributed by atoms with Gasteiger partial charge in [0.25, 0.3) is 0 Å². The fourth-order valence-electron chi connectivity index (χ4n) is 7.99. The van der Waals surface area contributed by atoms with Gasteiger partial charge < -0.3 is 29.4 Å². The smallest absolute Gasteiger partial charge is 0.401 e. The average molecular weight is 1050 g/mol. The first-order chi connectivity index (χ1) is 34.3. The predicted octanol–water partition coefficient (Wildman–Crippen LogP) is 9.28. The fraction of sp³-hybridized carbons (Fsp3) is 0.388. The lowest BCUT2D eigenvalue weighted by Gasteiger charge is -2.35. The molecule has 7 rings (SSSR count). The first-order valence-corrected chi connectivity index (χ1v) is 23.9. The van der Waals surface area contributed by atoms with Crippen molar-refractivity contribution in [2.24, 2.45) is 0 Å². The lowest BCUT2D eigenvalue weighted by molar-refractivity contribution is -0.151. The molecule has 3 aromatic heterocycles. The van der Waals surface area contributed by atoms with Crippen LogP contribution in [0.5, 0.6) is 17.6 Å². The third kappa shape index (κ3) is 14.7. The van der Waals surface area contributed by atoms with E-state index in [9.17, 15) is 45.4 Å². The number of fused-ring (bicyclic) bond motifs is 1. The number of carboxylic acids is 1. The Morgan fingerprint density at radius 2 is 1.67 bits per heavy atom. The molecule has 1 aliphatic rings. The Morgan fingerprint density at radius 1 is 0.917 bits per heavy atom. The van der Waals surface area contributed by atoms with Crippen molar-refractivity contribution in [3.8, 4) is 39.2 Å². The van der Waals surface area contributed by atoms with E-state index in [1.54, 1.807) is 25.1 Å². The van der Waals surface area contributed by atoms with Gasteiger partial charge in [-0.15, -0.1) is 11.3 Å². The van der Waals surface area contributed by atoms with Crippen molar-refractivity contribution >= 4 is 45.1 Å². The van der Waals surface area contributed by atoms with Crippen molar-refractivity contribution < 1.29 is 64.4 Å². The number of aromatic nitrogens is 4. The number of halogens is 8. The third-order valence-corrected chi connectivity index (χ3v) is 13.1. The van der Waals surface area contributed by atoms with Gasteiger partial charge in [-0.05, 0) is 71.5 Å². The van der Waals surface area contributed by atoms with Gasteiger partial charge in [-0.2, -0.15) is 31.3 Å². The van der Waals surface area contributed by atoms with E-state index in [1.807, 2.05) is 19.1 Å². The molecule has 1 atom stereocenters. The van der Waals surface area contributed by atoms with E-state index in [0.29, 0.717) is 99.3 Å².